The predicted molar refractivity (Wildman–Crippen MR) is 84.8 cm³/mol. The van der Waals surface area contributed by atoms with E-state index in [0.717, 1.165) is 29.2 Å². The molecular weight excluding hydrogens is 314 g/mol. The van der Waals surface area contributed by atoms with Gasteiger partial charge in [0.15, 0.2) is 0 Å². The average molecular weight is 334 g/mol. The second-order valence-corrected chi connectivity index (χ2v) is 6.53. The molecule has 1 aliphatic rings. The lowest BCUT2D eigenvalue weighted by molar-refractivity contribution is 0.568. The first-order chi connectivity index (χ1) is 9.70. The molecule has 1 aromatic carbocycles. The smallest absolute Gasteiger partial charge is 0.0631 e. The van der Waals surface area contributed by atoms with Crippen molar-refractivity contribution in [2.75, 3.05) is 6.54 Å². The first kappa shape index (κ1) is 13.8. The van der Waals surface area contributed by atoms with Crippen LogP contribution in [-0.4, -0.2) is 22.4 Å². The molecule has 1 atom stereocenters. The van der Waals surface area contributed by atoms with Crippen molar-refractivity contribution in [2.24, 2.45) is 7.05 Å². The molecule has 2 aromatic rings. The van der Waals surface area contributed by atoms with E-state index in [9.17, 15) is 0 Å². The van der Waals surface area contributed by atoms with Crippen molar-refractivity contribution in [3.05, 3.63) is 52.3 Å². The fourth-order valence-electron chi connectivity index (χ4n) is 2.46. The van der Waals surface area contributed by atoms with E-state index in [1.54, 1.807) is 0 Å². The van der Waals surface area contributed by atoms with E-state index in [1.807, 2.05) is 17.9 Å². The topological polar surface area (TPSA) is 29.9 Å². The van der Waals surface area contributed by atoms with Gasteiger partial charge in [0.25, 0.3) is 0 Å². The molecule has 3 rings (SSSR count). The Kier molecular flexibility index (Phi) is 4.22. The van der Waals surface area contributed by atoms with Gasteiger partial charge in [-0.25, -0.2) is 0 Å². The quantitative estimate of drug-likeness (QED) is 0.879. The molecule has 1 aromatic heterocycles. The van der Waals surface area contributed by atoms with Gasteiger partial charge in [-0.05, 0) is 43.0 Å². The van der Waals surface area contributed by atoms with Crippen LogP contribution in [0.5, 0.6) is 0 Å². The first-order valence-corrected chi connectivity index (χ1v) is 7.97. The van der Waals surface area contributed by atoms with Gasteiger partial charge in [-0.3, -0.25) is 4.68 Å². The van der Waals surface area contributed by atoms with Gasteiger partial charge in [-0.15, -0.1) is 0 Å². The Balaban J connectivity index is 1.73. The summed E-state index contributed by atoms with van der Waals surface area (Å²) in [6, 6.07) is 11.5. The van der Waals surface area contributed by atoms with Gasteiger partial charge in [0.05, 0.1) is 5.69 Å². The third kappa shape index (κ3) is 3.70. The van der Waals surface area contributed by atoms with Crippen LogP contribution in [0.1, 0.15) is 30.0 Å². The Morgan fingerprint density at radius 3 is 2.65 bits per heavy atom. The summed E-state index contributed by atoms with van der Waals surface area (Å²) in [5.74, 6) is 0.485. The molecule has 0 aliphatic heterocycles. The minimum absolute atomic E-state index is 0.485. The summed E-state index contributed by atoms with van der Waals surface area (Å²) >= 11 is 3.51. The lowest BCUT2D eigenvalue weighted by Crippen LogP contribution is -2.25. The lowest BCUT2D eigenvalue weighted by atomic mass is 9.94. The maximum absolute atomic E-state index is 4.52. The van der Waals surface area contributed by atoms with Crippen molar-refractivity contribution >= 4 is 15.9 Å². The number of rotatable bonds is 6. The minimum atomic E-state index is 0.485. The SMILES string of the molecule is Cn1ccc(CC(CNC2CC2)c2ccc(Br)cc2)n1. The molecule has 0 spiro atoms. The van der Waals surface area contributed by atoms with Crippen LogP contribution in [0.15, 0.2) is 41.0 Å². The van der Waals surface area contributed by atoms with Gasteiger partial charge in [-0.2, -0.15) is 5.10 Å². The summed E-state index contributed by atoms with van der Waals surface area (Å²) in [6.45, 7) is 1.03. The summed E-state index contributed by atoms with van der Waals surface area (Å²) in [7, 11) is 1.97. The molecule has 0 bridgehead atoms. The Hall–Kier alpha value is -1.13. The number of benzene rings is 1. The van der Waals surface area contributed by atoms with Crippen molar-refractivity contribution in [3.63, 3.8) is 0 Å². The van der Waals surface area contributed by atoms with E-state index in [1.165, 1.54) is 18.4 Å². The van der Waals surface area contributed by atoms with Gasteiger partial charge in [0, 0.05) is 36.2 Å². The lowest BCUT2D eigenvalue weighted by Gasteiger charge is -2.17. The summed E-state index contributed by atoms with van der Waals surface area (Å²) in [5.41, 5.74) is 2.55. The number of hydrogen-bond donors (Lipinski definition) is 1. The van der Waals surface area contributed by atoms with E-state index < -0.39 is 0 Å². The van der Waals surface area contributed by atoms with Crippen LogP contribution >= 0.6 is 15.9 Å². The molecule has 3 nitrogen and oxygen atoms in total. The molecule has 0 amide bonds. The molecular formula is C16H20BrN3. The van der Waals surface area contributed by atoms with Crippen molar-refractivity contribution in [3.8, 4) is 0 Å². The second-order valence-electron chi connectivity index (χ2n) is 5.62. The van der Waals surface area contributed by atoms with Gasteiger partial charge in [0.1, 0.15) is 0 Å². The van der Waals surface area contributed by atoms with E-state index in [4.69, 9.17) is 0 Å². The molecule has 1 unspecified atom stereocenters. The third-order valence-corrected chi connectivity index (χ3v) is 4.32. The van der Waals surface area contributed by atoms with Crippen molar-refractivity contribution in [2.45, 2.75) is 31.2 Å². The summed E-state index contributed by atoms with van der Waals surface area (Å²) in [6.07, 6.45) is 5.66. The molecule has 106 valence electrons. The van der Waals surface area contributed by atoms with Crippen LogP contribution in [-0.2, 0) is 13.5 Å². The molecule has 1 saturated carbocycles. The maximum atomic E-state index is 4.52. The molecule has 20 heavy (non-hydrogen) atoms. The minimum Gasteiger partial charge on any atom is -0.313 e. The zero-order chi connectivity index (χ0) is 13.9. The van der Waals surface area contributed by atoms with Crippen LogP contribution in [0.2, 0.25) is 0 Å². The summed E-state index contributed by atoms with van der Waals surface area (Å²) in [5, 5.41) is 8.17. The van der Waals surface area contributed by atoms with E-state index in [0.29, 0.717) is 5.92 Å². The number of nitrogens with one attached hydrogen (secondary N) is 1. The van der Waals surface area contributed by atoms with Crippen LogP contribution in [0.3, 0.4) is 0 Å². The number of nitrogens with zero attached hydrogens (tertiary/aromatic N) is 2. The zero-order valence-electron chi connectivity index (χ0n) is 11.7. The van der Waals surface area contributed by atoms with Gasteiger partial charge in [-0.1, -0.05) is 28.1 Å². The van der Waals surface area contributed by atoms with E-state index >= 15 is 0 Å². The number of aryl methyl sites for hydroxylation is 1. The zero-order valence-corrected chi connectivity index (χ0v) is 13.3. The Labute approximate surface area is 128 Å². The molecule has 1 fully saturated rings. The Morgan fingerprint density at radius 2 is 2.05 bits per heavy atom. The number of hydrogen-bond acceptors (Lipinski definition) is 2. The molecule has 1 heterocycles. The molecule has 0 radical (unpaired) electrons. The molecule has 4 heteroatoms. The molecule has 0 saturated heterocycles. The van der Waals surface area contributed by atoms with Gasteiger partial charge < -0.3 is 5.32 Å². The third-order valence-electron chi connectivity index (χ3n) is 3.80. The maximum Gasteiger partial charge on any atom is 0.0631 e. The van der Waals surface area contributed by atoms with Crippen LogP contribution in [0, 0.1) is 0 Å². The van der Waals surface area contributed by atoms with Crippen molar-refractivity contribution < 1.29 is 0 Å². The van der Waals surface area contributed by atoms with Crippen molar-refractivity contribution in [1.29, 1.82) is 0 Å². The predicted octanol–water partition coefficient (Wildman–Crippen LogP) is 3.26. The Bertz CT molecular complexity index is 557. The average Bonchev–Trinajstić information content (AvgIpc) is 3.18. The number of aromatic nitrogens is 2. The van der Waals surface area contributed by atoms with Gasteiger partial charge >= 0.3 is 0 Å². The fraction of sp³-hybridized carbons (Fsp3) is 0.438. The fourth-order valence-corrected chi connectivity index (χ4v) is 2.73. The second kappa shape index (κ2) is 6.10. The summed E-state index contributed by atoms with van der Waals surface area (Å²) < 4.78 is 3.01. The van der Waals surface area contributed by atoms with Crippen LogP contribution in [0.25, 0.3) is 0 Å². The Morgan fingerprint density at radius 1 is 1.30 bits per heavy atom. The highest BCUT2D eigenvalue weighted by Gasteiger charge is 2.23. The summed E-state index contributed by atoms with van der Waals surface area (Å²) in [4.78, 5) is 0. The highest BCUT2D eigenvalue weighted by molar-refractivity contribution is 9.10. The van der Waals surface area contributed by atoms with E-state index in [2.05, 4.69) is 56.7 Å². The highest BCUT2D eigenvalue weighted by atomic mass is 79.9. The standard InChI is InChI=1S/C16H20BrN3/c1-20-9-8-16(19-20)10-13(11-18-15-6-7-15)12-2-4-14(17)5-3-12/h2-5,8-9,13,15,18H,6-7,10-11H2,1H3. The van der Waals surface area contributed by atoms with Crippen LogP contribution < -0.4 is 5.32 Å². The molecule has 1 aliphatic carbocycles. The first-order valence-electron chi connectivity index (χ1n) is 7.18. The van der Waals surface area contributed by atoms with Crippen molar-refractivity contribution in [1.82, 2.24) is 15.1 Å². The largest absolute Gasteiger partial charge is 0.313 e. The molecule has 1 N–H and O–H groups in total. The monoisotopic (exact) mass is 333 g/mol. The van der Waals surface area contributed by atoms with Gasteiger partial charge in [0.2, 0.25) is 0 Å². The number of halogens is 1. The van der Waals surface area contributed by atoms with E-state index in [-0.39, 0.29) is 0 Å². The normalized spacial score (nSPS) is 16.3. The van der Waals surface area contributed by atoms with Crippen LogP contribution in [0.4, 0.5) is 0 Å². The highest BCUT2D eigenvalue weighted by Crippen LogP contribution is 2.24.